The van der Waals surface area contributed by atoms with Crippen molar-refractivity contribution in [1.29, 1.82) is 0 Å². The zero-order valence-corrected chi connectivity index (χ0v) is 15.6. The van der Waals surface area contributed by atoms with Crippen LogP contribution in [0, 0.1) is 0 Å². The third-order valence-corrected chi connectivity index (χ3v) is 4.83. The van der Waals surface area contributed by atoms with Crippen LogP contribution in [0.1, 0.15) is 44.0 Å². The summed E-state index contributed by atoms with van der Waals surface area (Å²) in [5.41, 5.74) is 1.60. The van der Waals surface area contributed by atoms with E-state index in [9.17, 15) is 14.4 Å². The average Bonchev–Trinajstić information content (AvgIpc) is 3.16. The number of hydrogen-bond donors (Lipinski definition) is 0. The number of nitrogens with zero attached hydrogens (tertiary/aromatic N) is 3. The Kier molecular flexibility index (Phi) is 4.83. The number of ether oxygens (including phenoxy) is 1. The normalized spacial score (nSPS) is 13.2. The number of imidazole rings is 1. The second kappa shape index (κ2) is 7.44. The Hall–Kier alpha value is -3.19. The SMILES string of the molecule is O=C(OCCCCN1C(=O)c2ccccc2C1=O)c1c(Cl)nc2ccccn12. The second-order valence-corrected chi connectivity index (χ2v) is 6.69. The molecule has 7 nitrogen and oxygen atoms in total. The highest BCUT2D eigenvalue weighted by atomic mass is 35.5. The fraction of sp³-hybridized carbons (Fsp3) is 0.200. The number of pyridine rings is 1. The molecule has 3 aromatic rings. The number of carbonyl (C=O) groups excluding carboxylic acids is 3. The Balaban J connectivity index is 1.30. The number of esters is 1. The third kappa shape index (κ3) is 3.14. The Labute approximate surface area is 165 Å². The lowest BCUT2D eigenvalue weighted by Gasteiger charge is -2.13. The number of benzene rings is 1. The molecule has 0 atom stereocenters. The molecule has 3 heterocycles. The number of fused-ring (bicyclic) bond motifs is 2. The lowest BCUT2D eigenvalue weighted by molar-refractivity contribution is 0.0478. The van der Waals surface area contributed by atoms with Crippen molar-refractivity contribution in [2.24, 2.45) is 0 Å². The molecule has 0 spiro atoms. The molecule has 1 aliphatic rings. The highest BCUT2D eigenvalue weighted by Crippen LogP contribution is 2.23. The van der Waals surface area contributed by atoms with Gasteiger partial charge in [0.1, 0.15) is 5.65 Å². The van der Waals surface area contributed by atoms with E-state index >= 15 is 0 Å². The van der Waals surface area contributed by atoms with Gasteiger partial charge in [0, 0.05) is 12.7 Å². The number of rotatable bonds is 6. The molecule has 1 aliphatic heterocycles. The summed E-state index contributed by atoms with van der Waals surface area (Å²) in [5, 5.41) is 0.0854. The second-order valence-electron chi connectivity index (χ2n) is 6.33. The van der Waals surface area contributed by atoms with Crippen LogP contribution in [0.4, 0.5) is 0 Å². The maximum atomic E-state index is 12.3. The highest BCUT2D eigenvalue weighted by Gasteiger charge is 2.34. The molecular formula is C20H16ClN3O4. The fourth-order valence-corrected chi connectivity index (χ4v) is 3.45. The molecule has 2 aromatic heterocycles. The van der Waals surface area contributed by atoms with E-state index in [1.807, 2.05) is 0 Å². The molecule has 1 aromatic carbocycles. The summed E-state index contributed by atoms with van der Waals surface area (Å²) < 4.78 is 6.86. The summed E-state index contributed by atoms with van der Waals surface area (Å²) >= 11 is 6.05. The topological polar surface area (TPSA) is 81.0 Å². The molecule has 0 bridgehead atoms. The van der Waals surface area contributed by atoms with Crippen LogP contribution >= 0.6 is 11.6 Å². The molecule has 0 unspecified atom stereocenters. The molecule has 28 heavy (non-hydrogen) atoms. The molecule has 0 saturated heterocycles. The van der Waals surface area contributed by atoms with Gasteiger partial charge in [-0.25, -0.2) is 9.78 Å². The van der Waals surface area contributed by atoms with E-state index in [1.165, 1.54) is 4.90 Å². The zero-order valence-electron chi connectivity index (χ0n) is 14.8. The molecule has 4 rings (SSSR count). The fourth-order valence-electron chi connectivity index (χ4n) is 3.20. The van der Waals surface area contributed by atoms with E-state index in [-0.39, 0.29) is 35.8 Å². The molecule has 2 amide bonds. The highest BCUT2D eigenvalue weighted by molar-refractivity contribution is 6.32. The van der Waals surface area contributed by atoms with Crippen molar-refractivity contribution >= 4 is 35.0 Å². The van der Waals surface area contributed by atoms with E-state index in [2.05, 4.69) is 4.98 Å². The number of aromatic nitrogens is 2. The molecule has 8 heteroatoms. The van der Waals surface area contributed by atoms with Gasteiger partial charge in [0.15, 0.2) is 10.8 Å². The summed E-state index contributed by atoms with van der Waals surface area (Å²) in [6.07, 6.45) is 2.72. The van der Waals surface area contributed by atoms with Gasteiger partial charge in [0.25, 0.3) is 11.8 Å². The Bertz CT molecular complexity index is 1060. The van der Waals surface area contributed by atoms with Gasteiger partial charge in [-0.15, -0.1) is 0 Å². The number of imide groups is 1. The number of amides is 2. The maximum absolute atomic E-state index is 12.3. The monoisotopic (exact) mass is 397 g/mol. The molecule has 0 N–H and O–H groups in total. The molecule has 142 valence electrons. The van der Waals surface area contributed by atoms with Gasteiger partial charge in [-0.05, 0) is 37.1 Å². The predicted molar refractivity (Wildman–Crippen MR) is 102 cm³/mol. The van der Waals surface area contributed by atoms with Crippen LogP contribution in [-0.4, -0.2) is 45.2 Å². The van der Waals surface area contributed by atoms with Crippen LogP contribution in [-0.2, 0) is 4.74 Å². The first-order valence-electron chi connectivity index (χ1n) is 8.83. The van der Waals surface area contributed by atoms with Crippen molar-refractivity contribution in [3.63, 3.8) is 0 Å². The summed E-state index contributed by atoms with van der Waals surface area (Å²) in [4.78, 5) is 42.3. The van der Waals surface area contributed by atoms with Gasteiger partial charge in [0.05, 0.1) is 17.7 Å². The Morgan fingerprint density at radius 2 is 1.68 bits per heavy atom. The number of hydrogen-bond acceptors (Lipinski definition) is 5. The largest absolute Gasteiger partial charge is 0.461 e. The van der Waals surface area contributed by atoms with Crippen LogP contribution in [0.2, 0.25) is 5.15 Å². The van der Waals surface area contributed by atoms with Crippen molar-refractivity contribution in [1.82, 2.24) is 14.3 Å². The van der Waals surface area contributed by atoms with Crippen LogP contribution in [0.5, 0.6) is 0 Å². The first-order chi connectivity index (χ1) is 13.6. The minimum absolute atomic E-state index is 0.0854. The average molecular weight is 398 g/mol. The van der Waals surface area contributed by atoms with Gasteiger partial charge < -0.3 is 4.74 Å². The van der Waals surface area contributed by atoms with Gasteiger partial charge in [-0.3, -0.25) is 18.9 Å². The number of unbranched alkanes of at least 4 members (excludes halogenated alkanes) is 1. The number of carbonyl (C=O) groups is 3. The Morgan fingerprint density at radius 1 is 1.00 bits per heavy atom. The summed E-state index contributed by atoms with van der Waals surface area (Å²) in [6, 6.07) is 12.1. The molecule has 0 aliphatic carbocycles. The smallest absolute Gasteiger partial charge is 0.358 e. The standard InChI is InChI=1S/C20H16ClN3O4/c21-17-16(23-10-4-3-9-15(23)22-17)20(27)28-12-6-5-11-24-18(25)13-7-1-2-8-14(13)19(24)26/h1-4,7-10H,5-6,11-12H2. The van der Waals surface area contributed by atoms with Crippen molar-refractivity contribution in [3.05, 3.63) is 70.6 Å². The van der Waals surface area contributed by atoms with Crippen LogP contribution < -0.4 is 0 Å². The van der Waals surface area contributed by atoms with Crippen LogP contribution in [0.25, 0.3) is 5.65 Å². The summed E-state index contributed by atoms with van der Waals surface area (Å²) in [6.45, 7) is 0.429. The molecular weight excluding hydrogens is 382 g/mol. The lowest BCUT2D eigenvalue weighted by atomic mass is 10.1. The predicted octanol–water partition coefficient (Wildman–Crippen LogP) is 3.22. The van der Waals surface area contributed by atoms with E-state index in [0.717, 1.165) is 0 Å². The molecule has 0 saturated carbocycles. The van der Waals surface area contributed by atoms with Crippen molar-refractivity contribution in [2.45, 2.75) is 12.8 Å². The van der Waals surface area contributed by atoms with Gasteiger partial charge >= 0.3 is 5.97 Å². The summed E-state index contributed by atoms with van der Waals surface area (Å²) in [7, 11) is 0. The van der Waals surface area contributed by atoms with Crippen LogP contribution in [0.15, 0.2) is 48.7 Å². The van der Waals surface area contributed by atoms with Crippen molar-refractivity contribution in [2.75, 3.05) is 13.2 Å². The zero-order chi connectivity index (χ0) is 19.7. The molecule has 0 radical (unpaired) electrons. The maximum Gasteiger partial charge on any atom is 0.358 e. The van der Waals surface area contributed by atoms with E-state index < -0.39 is 5.97 Å². The van der Waals surface area contributed by atoms with Gasteiger partial charge in [-0.1, -0.05) is 29.8 Å². The van der Waals surface area contributed by atoms with E-state index in [1.54, 1.807) is 53.1 Å². The number of halogens is 1. The first kappa shape index (κ1) is 18.2. The van der Waals surface area contributed by atoms with Gasteiger partial charge in [0.2, 0.25) is 0 Å². The van der Waals surface area contributed by atoms with Crippen molar-refractivity contribution < 1.29 is 19.1 Å². The van der Waals surface area contributed by atoms with Crippen molar-refractivity contribution in [3.8, 4) is 0 Å². The van der Waals surface area contributed by atoms with E-state index in [4.69, 9.17) is 16.3 Å². The minimum Gasteiger partial charge on any atom is -0.461 e. The van der Waals surface area contributed by atoms with E-state index in [0.29, 0.717) is 29.6 Å². The Morgan fingerprint density at radius 3 is 2.39 bits per heavy atom. The van der Waals surface area contributed by atoms with Gasteiger partial charge in [-0.2, -0.15) is 0 Å². The van der Waals surface area contributed by atoms with Crippen LogP contribution in [0.3, 0.4) is 0 Å². The quantitative estimate of drug-likeness (QED) is 0.362. The lowest BCUT2D eigenvalue weighted by Crippen LogP contribution is -2.30. The third-order valence-electron chi connectivity index (χ3n) is 4.57. The summed E-state index contributed by atoms with van der Waals surface area (Å²) in [5.74, 6) is -1.13. The minimum atomic E-state index is -0.565. The first-order valence-corrected chi connectivity index (χ1v) is 9.20. The molecule has 0 fully saturated rings.